The van der Waals surface area contributed by atoms with Gasteiger partial charge in [-0.1, -0.05) is 6.07 Å². The maximum absolute atomic E-state index is 12.2. The van der Waals surface area contributed by atoms with Crippen molar-refractivity contribution in [3.8, 4) is 22.9 Å². The van der Waals surface area contributed by atoms with Gasteiger partial charge in [0.1, 0.15) is 5.82 Å². The molecule has 3 aromatic rings. The van der Waals surface area contributed by atoms with Crippen molar-refractivity contribution in [3.05, 3.63) is 59.9 Å². The number of benzene rings is 2. The van der Waals surface area contributed by atoms with E-state index in [1.54, 1.807) is 6.08 Å². The molecule has 140 valence electrons. The smallest absolute Gasteiger partial charge is 0.248 e. The second-order valence-corrected chi connectivity index (χ2v) is 6.83. The first-order valence-corrected chi connectivity index (χ1v) is 9.16. The van der Waals surface area contributed by atoms with Crippen molar-refractivity contribution in [2.45, 2.75) is 18.8 Å². The van der Waals surface area contributed by atoms with E-state index in [4.69, 9.17) is 9.47 Å². The molecule has 0 radical (unpaired) electrons. The van der Waals surface area contributed by atoms with Crippen LogP contribution in [0.2, 0.25) is 0 Å². The number of H-pyrrole nitrogens is 1. The highest BCUT2D eigenvalue weighted by Crippen LogP contribution is 2.38. The Hall–Kier alpha value is -3.61. The minimum Gasteiger partial charge on any atom is -0.454 e. The van der Waals surface area contributed by atoms with E-state index in [0.29, 0.717) is 23.2 Å². The first kappa shape index (κ1) is 16.6. The van der Waals surface area contributed by atoms with Gasteiger partial charge in [0.05, 0.1) is 0 Å². The lowest BCUT2D eigenvalue weighted by molar-refractivity contribution is -0.111. The fourth-order valence-corrected chi connectivity index (χ4v) is 3.02. The second kappa shape index (κ2) is 6.84. The third-order valence-corrected chi connectivity index (χ3v) is 4.70. The molecule has 5 rings (SSSR count). The van der Waals surface area contributed by atoms with E-state index in [0.717, 1.165) is 22.7 Å². The molecule has 0 atom stereocenters. The largest absolute Gasteiger partial charge is 0.454 e. The van der Waals surface area contributed by atoms with Crippen LogP contribution in [0.5, 0.6) is 11.5 Å². The Bertz CT molecular complexity index is 1050. The Kier molecular flexibility index (Phi) is 4.05. The molecule has 0 bridgehead atoms. The highest BCUT2D eigenvalue weighted by molar-refractivity contribution is 6.02. The van der Waals surface area contributed by atoms with E-state index in [2.05, 4.69) is 20.5 Å². The molecular weight excluding hydrogens is 356 g/mol. The van der Waals surface area contributed by atoms with Gasteiger partial charge in [-0.15, -0.1) is 0 Å². The normalized spacial score (nSPS) is 15.1. The maximum Gasteiger partial charge on any atom is 0.248 e. The Balaban J connectivity index is 1.22. The van der Waals surface area contributed by atoms with Crippen molar-refractivity contribution < 1.29 is 14.3 Å². The van der Waals surface area contributed by atoms with E-state index in [1.165, 1.54) is 18.9 Å². The monoisotopic (exact) mass is 374 g/mol. The zero-order valence-electron chi connectivity index (χ0n) is 15.0. The van der Waals surface area contributed by atoms with Crippen LogP contribution in [0.3, 0.4) is 0 Å². The fraction of sp³-hybridized carbons (Fsp3) is 0.190. The number of aromatic nitrogens is 3. The van der Waals surface area contributed by atoms with Gasteiger partial charge in [-0.05, 0) is 60.9 Å². The second-order valence-electron chi connectivity index (χ2n) is 6.83. The number of aromatic amines is 1. The lowest BCUT2D eigenvalue weighted by atomic mass is 10.2. The predicted octanol–water partition coefficient (Wildman–Crippen LogP) is 3.73. The molecule has 2 N–H and O–H groups in total. The number of rotatable bonds is 5. The van der Waals surface area contributed by atoms with Gasteiger partial charge in [-0.3, -0.25) is 9.89 Å². The van der Waals surface area contributed by atoms with Gasteiger partial charge in [0.15, 0.2) is 17.3 Å². The van der Waals surface area contributed by atoms with Crippen LogP contribution in [-0.2, 0) is 4.79 Å². The number of anilines is 1. The lowest BCUT2D eigenvalue weighted by Crippen LogP contribution is -2.07. The first-order valence-electron chi connectivity index (χ1n) is 9.16. The lowest BCUT2D eigenvalue weighted by Gasteiger charge is -2.03. The van der Waals surface area contributed by atoms with Crippen molar-refractivity contribution in [3.63, 3.8) is 0 Å². The van der Waals surface area contributed by atoms with Crippen LogP contribution in [0, 0.1) is 0 Å². The number of hydrogen-bond donors (Lipinski definition) is 2. The molecule has 1 saturated carbocycles. The topological polar surface area (TPSA) is 89.1 Å². The van der Waals surface area contributed by atoms with E-state index in [-0.39, 0.29) is 12.7 Å². The zero-order chi connectivity index (χ0) is 18.9. The minimum absolute atomic E-state index is 0.209. The molecule has 28 heavy (non-hydrogen) atoms. The van der Waals surface area contributed by atoms with Crippen LogP contribution in [0.15, 0.2) is 48.5 Å². The fourth-order valence-electron chi connectivity index (χ4n) is 3.02. The highest BCUT2D eigenvalue weighted by Gasteiger charge is 2.27. The van der Waals surface area contributed by atoms with Crippen LogP contribution < -0.4 is 14.8 Å². The number of ether oxygens (including phenoxy) is 2. The molecule has 7 nitrogen and oxygen atoms in total. The number of nitrogens with one attached hydrogen (secondary N) is 2. The van der Waals surface area contributed by atoms with Gasteiger partial charge < -0.3 is 14.8 Å². The average molecular weight is 374 g/mol. The highest BCUT2D eigenvalue weighted by atomic mass is 16.7. The SMILES string of the molecule is O=C(/C=C/c1ccc2c(c1)OCO2)Nc1ccc(-c2n[nH]c(C3CC3)n2)cc1. The Morgan fingerprint density at radius 1 is 1.11 bits per heavy atom. The number of amides is 1. The minimum atomic E-state index is -0.209. The summed E-state index contributed by atoms with van der Waals surface area (Å²) < 4.78 is 10.6. The summed E-state index contributed by atoms with van der Waals surface area (Å²) in [5.41, 5.74) is 2.49. The Morgan fingerprint density at radius 2 is 1.93 bits per heavy atom. The quantitative estimate of drug-likeness (QED) is 0.664. The summed E-state index contributed by atoms with van der Waals surface area (Å²) in [6.45, 7) is 0.231. The Labute approximate surface area is 161 Å². The number of hydrogen-bond acceptors (Lipinski definition) is 5. The summed E-state index contributed by atoms with van der Waals surface area (Å²) in [5, 5.41) is 10.1. The summed E-state index contributed by atoms with van der Waals surface area (Å²) in [6, 6.07) is 13.0. The molecule has 1 fully saturated rings. The van der Waals surface area contributed by atoms with Crippen molar-refractivity contribution >= 4 is 17.7 Å². The molecular formula is C21H18N4O3. The number of fused-ring (bicyclic) bond motifs is 1. The molecule has 2 heterocycles. The summed E-state index contributed by atoms with van der Waals surface area (Å²) in [6.07, 6.45) is 5.58. The van der Waals surface area contributed by atoms with Gasteiger partial charge in [0.25, 0.3) is 0 Å². The van der Waals surface area contributed by atoms with Crippen LogP contribution >= 0.6 is 0 Å². The molecule has 7 heteroatoms. The predicted molar refractivity (Wildman–Crippen MR) is 104 cm³/mol. The van der Waals surface area contributed by atoms with Gasteiger partial charge >= 0.3 is 0 Å². The molecule has 0 spiro atoms. The maximum atomic E-state index is 12.2. The molecule has 1 aliphatic heterocycles. The van der Waals surface area contributed by atoms with Crippen LogP contribution in [-0.4, -0.2) is 27.9 Å². The van der Waals surface area contributed by atoms with E-state index in [9.17, 15) is 4.79 Å². The van der Waals surface area contributed by atoms with Crippen LogP contribution in [0.4, 0.5) is 5.69 Å². The number of carbonyl (C=O) groups excluding carboxylic acids is 1. The molecule has 0 saturated heterocycles. The summed E-state index contributed by atoms with van der Waals surface area (Å²) in [7, 11) is 0. The van der Waals surface area contributed by atoms with Crippen LogP contribution in [0.25, 0.3) is 17.5 Å². The summed E-state index contributed by atoms with van der Waals surface area (Å²) in [5.74, 6) is 3.38. The van der Waals surface area contributed by atoms with Gasteiger partial charge in [-0.2, -0.15) is 5.10 Å². The van der Waals surface area contributed by atoms with E-state index < -0.39 is 0 Å². The van der Waals surface area contributed by atoms with Gasteiger partial charge in [0.2, 0.25) is 12.7 Å². The first-order chi connectivity index (χ1) is 13.7. The van der Waals surface area contributed by atoms with Crippen LogP contribution in [0.1, 0.15) is 30.1 Å². The van der Waals surface area contributed by atoms with Gasteiger partial charge in [0, 0.05) is 23.2 Å². The van der Waals surface area contributed by atoms with Crippen molar-refractivity contribution in [1.82, 2.24) is 15.2 Å². The van der Waals surface area contributed by atoms with Crippen molar-refractivity contribution in [2.75, 3.05) is 12.1 Å². The standard InChI is InChI=1S/C21H18N4O3/c26-19(10-2-13-1-9-17-18(11-13)28-12-27-17)22-16-7-5-15(6-8-16)21-23-20(24-25-21)14-3-4-14/h1-2,5-11,14H,3-4,12H2,(H,22,26)(H,23,24,25)/b10-2+. The summed E-state index contributed by atoms with van der Waals surface area (Å²) >= 11 is 0. The zero-order valence-corrected chi connectivity index (χ0v) is 15.0. The molecule has 1 amide bonds. The molecule has 1 aliphatic carbocycles. The molecule has 0 unspecified atom stereocenters. The molecule has 2 aromatic carbocycles. The van der Waals surface area contributed by atoms with Crippen molar-refractivity contribution in [2.24, 2.45) is 0 Å². The average Bonchev–Trinajstić information content (AvgIpc) is 3.26. The number of nitrogens with zero attached hydrogens (tertiary/aromatic N) is 2. The third kappa shape index (κ3) is 3.46. The number of carbonyl (C=O) groups is 1. The summed E-state index contributed by atoms with van der Waals surface area (Å²) in [4.78, 5) is 16.7. The van der Waals surface area contributed by atoms with Gasteiger partial charge in [-0.25, -0.2) is 4.98 Å². The van der Waals surface area contributed by atoms with Crippen molar-refractivity contribution in [1.29, 1.82) is 0 Å². The third-order valence-electron chi connectivity index (χ3n) is 4.70. The van der Waals surface area contributed by atoms with E-state index >= 15 is 0 Å². The Morgan fingerprint density at radius 3 is 2.75 bits per heavy atom. The molecule has 1 aromatic heterocycles. The molecule has 2 aliphatic rings. The van der Waals surface area contributed by atoms with E-state index in [1.807, 2.05) is 42.5 Å².